The van der Waals surface area contributed by atoms with Crippen LogP contribution in [0.5, 0.6) is 17.2 Å². The molecule has 3 heterocycles. The van der Waals surface area contributed by atoms with Gasteiger partial charge in [-0.25, -0.2) is 0 Å². The van der Waals surface area contributed by atoms with E-state index in [1.165, 1.54) is 19.3 Å². The lowest BCUT2D eigenvalue weighted by Gasteiger charge is -2.28. The number of aromatic nitrogens is 1. The van der Waals surface area contributed by atoms with E-state index in [4.69, 9.17) is 14.0 Å². The molecule has 0 unspecified atom stereocenters. The fourth-order valence-electron chi connectivity index (χ4n) is 4.21. The lowest BCUT2D eigenvalue weighted by molar-refractivity contribution is 0.174. The molecule has 6 heteroatoms. The minimum atomic E-state index is 0.200. The van der Waals surface area contributed by atoms with Gasteiger partial charge < -0.3 is 19.1 Å². The third-order valence-electron chi connectivity index (χ3n) is 5.69. The van der Waals surface area contributed by atoms with E-state index in [-0.39, 0.29) is 12.8 Å². The molecule has 1 aromatic heterocycles. The number of nitrogens with zero attached hydrogens (tertiary/aromatic N) is 2. The molecule has 0 amide bonds. The minimum absolute atomic E-state index is 0.200. The van der Waals surface area contributed by atoms with E-state index >= 15 is 0 Å². The van der Waals surface area contributed by atoms with Gasteiger partial charge in [-0.2, -0.15) is 0 Å². The lowest BCUT2D eigenvalue weighted by atomic mass is 10.0. The van der Waals surface area contributed by atoms with Gasteiger partial charge in [0.15, 0.2) is 17.3 Å². The Balaban J connectivity index is 1.40. The van der Waals surface area contributed by atoms with Gasteiger partial charge in [0.05, 0.1) is 6.04 Å². The largest absolute Gasteiger partial charge is 0.508 e. The smallest absolute Gasteiger partial charge is 0.231 e. The summed E-state index contributed by atoms with van der Waals surface area (Å²) in [6, 6.07) is 15.5. The monoisotopic (exact) mass is 392 g/mol. The summed E-state index contributed by atoms with van der Waals surface area (Å²) in [6.45, 7) is 2.05. The molecule has 3 aromatic rings. The standard InChI is InChI=1S/C23H24N2O4/c26-18-6-4-5-16(11-18)14-25-10-3-1-2-7-20(25)19-13-22(29-24-19)17-8-9-21-23(12-17)28-15-27-21/h4-6,8-9,11-13,20,26H,1-3,7,10,14-15H2/t20-/m0/s1. The van der Waals surface area contributed by atoms with Crippen LogP contribution in [0.1, 0.15) is 43.0 Å². The highest BCUT2D eigenvalue weighted by Crippen LogP contribution is 2.38. The SMILES string of the molecule is Oc1cccc(CN2CCCCC[C@H]2c2cc(-c3ccc4c(c3)OCO4)on2)c1. The number of rotatable bonds is 4. The Kier molecular flexibility index (Phi) is 4.86. The Morgan fingerprint density at radius 2 is 1.93 bits per heavy atom. The van der Waals surface area contributed by atoms with E-state index in [9.17, 15) is 5.11 Å². The Morgan fingerprint density at radius 1 is 1.00 bits per heavy atom. The molecule has 5 rings (SSSR count). The van der Waals surface area contributed by atoms with Gasteiger partial charge in [-0.15, -0.1) is 0 Å². The second-order valence-electron chi connectivity index (χ2n) is 7.69. The van der Waals surface area contributed by atoms with Crippen LogP contribution in [0.3, 0.4) is 0 Å². The van der Waals surface area contributed by atoms with Crippen LogP contribution in [0.25, 0.3) is 11.3 Å². The summed E-state index contributed by atoms with van der Waals surface area (Å²) in [5.74, 6) is 2.54. The van der Waals surface area contributed by atoms with E-state index in [0.29, 0.717) is 5.75 Å². The van der Waals surface area contributed by atoms with Gasteiger partial charge in [0.25, 0.3) is 0 Å². The maximum atomic E-state index is 9.81. The molecule has 1 fully saturated rings. The molecule has 0 bridgehead atoms. The van der Waals surface area contributed by atoms with E-state index in [2.05, 4.69) is 16.1 Å². The highest BCUT2D eigenvalue weighted by Gasteiger charge is 2.26. The van der Waals surface area contributed by atoms with E-state index in [0.717, 1.165) is 53.6 Å². The Morgan fingerprint density at radius 3 is 2.86 bits per heavy atom. The van der Waals surface area contributed by atoms with Gasteiger partial charge in [0.2, 0.25) is 6.79 Å². The quantitative estimate of drug-likeness (QED) is 0.682. The van der Waals surface area contributed by atoms with Crippen molar-refractivity contribution < 1.29 is 19.1 Å². The molecule has 29 heavy (non-hydrogen) atoms. The number of aromatic hydroxyl groups is 1. The number of hydrogen-bond donors (Lipinski definition) is 1. The third-order valence-corrected chi connectivity index (χ3v) is 5.69. The molecule has 1 saturated heterocycles. The fraction of sp³-hybridized carbons (Fsp3) is 0.348. The van der Waals surface area contributed by atoms with Crippen molar-refractivity contribution in [3.8, 4) is 28.6 Å². The number of likely N-dealkylation sites (tertiary alicyclic amines) is 1. The molecule has 150 valence electrons. The summed E-state index contributed by atoms with van der Waals surface area (Å²) in [7, 11) is 0. The molecular weight excluding hydrogens is 368 g/mol. The van der Waals surface area contributed by atoms with Gasteiger partial charge in [-0.3, -0.25) is 4.90 Å². The first-order chi connectivity index (χ1) is 14.3. The van der Waals surface area contributed by atoms with Crippen molar-refractivity contribution in [3.05, 3.63) is 59.8 Å². The number of ether oxygens (including phenoxy) is 2. The first-order valence-corrected chi connectivity index (χ1v) is 10.1. The van der Waals surface area contributed by atoms with Crippen LogP contribution in [0, 0.1) is 0 Å². The number of phenols is 1. The Hall–Kier alpha value is -2.99. The van der Waals surface area contributed by atoms with Gasteiger partial charge in [0, 0.05) is 18.2 Å². The molecule has 0 aliphatic carbocycles. The average molecular weight is 392 g/mol. The van der Waals surface area contributed by atoms with Crippen molar-refractivity contribution in [1.29, 1.82) is 0 Å². The topological polar surface area (TPSA) is 68.0 Å². The van der Waals surface area contributed by atoms with Gasteiger partial charge in [0.1, 0.15) is 11.4 Å². The van der Waals surface area contributed by atoms with Crippen molar-refractivity contribution in [2.75, 3.05) is 13.3 Å². The highest BCUT2D eigenvalue weighted by atomic mass is 16.7. The van der Waals surface area contributed by atoms with E-state index in [1.807, 2.05) is 36.4 Å². The van der Waals surface area contributed by atoms with Crippen molar-refractivity contribution >= 4 is 0 Å². The molecule has 2 aliphatic heterocycles. The van der Waals surface area contributed by atoms with Crippen molar-refractivity contribution in [2.24, 2.45) is 0 Å². The predicted octanol–water partition coefficient (Wildman–Crippen LogP) is 4.89. The van der Waals surface area contributed by atoms with Gasteiger partial charge in [-0.1, -0.05) is 30.1 Å². The normalized spacial score (nSPS) is 19.2. The summed E-state index contributed by atoms with van der Waals surface area (Å²) in [5, 5.41) is 14.2. The molecule has 0 spiro atoms. The zero-order chi connectivity index (χ0) is 19.6. The number of hydrogen-bond acceptors (Lipinski definition) is 6. The maximum absolute atomic E-state index is 9.81. The minimum Gasteiger partial charge on any atom is -0.508 e. The molecule has 6 nitrogen and oxygen atoms in total. The van der Waals surface area contributed by atoms with Crippen LogP contribution >= 0.6 is 0 Å². The summed E-state index contributed by atoms with van der Waals surface area (Å²) in [6.07, 6.45) is 4.61. The van der Waals surface area contributed by atoms with Gasteiger partial charge >= 0.3 is 0 Å². The molecule has 1 N–H and O–H groups in total. The van der Waals surface area contributed by atoms with Crippen LogP contribution in [0.15, 0.2) is 53.1 Å². The van der Waals surface area contributed by atoms with Crippen LogP contribution in [-0.2, 0) is 6.54 Å². The fourth-order valence-corrected chi connectivity index (χ4v) is 4.21. The lowest BCUT2D eigenvalue weighted by Crippen LogP contribution is -2.28. The van der Waals surface area contributed by atoms with Crippen LogP contribution in [-0.4, -0.2) is 28.5 Å². The van der Waals surface area contributed by atoms with E-state index in [1.54, 1.807) is 6.07 Å². The molecule has 0 radical (unpaired) electrons. The summed E-state index contributed by atoms with van der Waals surface area (Å²) < 4.78 is 16.6. The van der Waals surface area contributed by atoms with Crippen molar-refractivity contribution in [1.82, 2.24) is 10.1 Å². The van der Waals surface area contributed by atoms with Crippen LogP contribution in [0.4, 0.5) is 0 Å². The number of benzene rings is 2. The zero-order valence-corrected chi connectivity index (χ0v) is 16.2. The first-order valence-electron chi connectivity index (χ1n) is 10.1. The zero-order valence-electron chi connectivity index (χ0n) is 16.2. The van der Waals surface area contributed by atoms with Crippen molar-refractivity contribution in [2.45, 2.75) is 38.3 Å². The van der Waals surface area contributed by atoms with E-state index < -0.39 is 0 Å². The predicted molar refractivity (Wildman–Crippen MR) is 108 cm³/mol. The maximum Gasteiger partial charge on any atom is 0.231 e. The molecule has 2 aliphatic rings. The summed E-state index contributed by atoms with van der Waals surface area (Å²) >= 11 is 0. The Labute approximate surface area is 169 Å². The summed E-state index contributed by atoms with van der Waals surface area (Å²) in [4.78, 5) is 2.45. The van der Waals surface area contributed by atoms with Crippen molar-refractivity contribution in [3.63, 3.8) is 0 Å². The number of fused-ring (bicyclic) bond motifs is 1. The molecular formula is C23H24N2O4. The molecule has 1 atom stereocenters. The van der Waals surface area contributed by atoms with Crippen LogP contribution in [0.2, 0.25) is 0 Å². The Bertz CT molecular complexity index is 1000. The summed E-state index contributed by atoms with van der Waals surface area (Å²) in [5.41, 5.74) is 3.00. The molecule has 2 aromatic carbocycles. The van der Waals surface area contributed by atoms with Gasteiger partial charge in [-0.05, 0) is 55.3 Å². The molecule has 0 saturated carbocycles. The number of phenolic OH excluding ortho intramolecular Hbond substituents is 1. The first kappa shape index (κ1) is 18.1. The highest BCUT2D eigenvalue weighted by molar-refractivity contribution is 5.63. The third kappa shape index (κ3) is 3.80. The second kappa shape index (κ2) is 7.79. The second-order valence-corrected chi connectivity index (χ2v) is 7.69. The average Bonchev–Trinajstić information content (AvgIpc) is 3.34. The van der Waals surface area contributed by atoms with Crippen LogP contribution < -0.4 is 9.47 Å².